The third-order valence-electron chi connectivity index (χ3n) is 3.83. The summed E-state index contributed by atoms with van der Waals surface area (Å²) in [5.74, 6) is 0.540. The van der Waals surface area contributed by atoms with E-state index in [0.29, 0.717) is 19.0 Å². The molecule has 5 heteroatoms. The Bertz CT molecular complexity index is 224. The standard InChI is InChI=1S/C15H37N5/c1-13(12-18)10-15(2,3)11-14(19)20(8-4-6-16)9-5-7-17/h13-14H,4-12,16-19H2,1-3H3. The summed E-state index contributed by atoms with van der Waals surface area (Å²) in [7, 11) is 0. The minimum absolute atomic E-state index is 0.0769. The lowest BCUT2D eigenvalue weighted by Crippen LogP contribution is -2.46. The van der Waals surface area contributed by atoms with E-state index in [1.54, 1.807) is 0 Å². The molecule has 0 saturated carbocycles. The molecule has 0 aliphatic rings. The lowest BCUT2D eigenvalue weighted by molar-refractivity contribution is 0.129. The molecular formula is C15H37N5. The monoisotopic (exact) mass is 287 g/mol. The number of hydrogen-bond donors (Lipinski definition) is 4. The van der Waals surface area contributed by atoms with Crippen LogP contribution >= 0.6 is 0 Å². The van der Waals surface area contributed by atoms with Crippen LogP contribution in [0.4, 0.5) is 0 Å². The van der Waals surface area contributed by atoms with Crippen LogP contribution in [0.2, 0.25) is 0 Å². The van der Waals surface area contributed by atoms with Crippen LogP contribution in [-0.2, 0) is 0 Å². The summed E-state index contributed by atoms with van der Waals surface area (Å²) in [6, 6.07) is 0. The zero-order valence-electron chi connectivity index (χ0n) is 13.8. The molecule has 0 aromatic rings. The second-order valence-corrected chi connectivity index (χ2v) is 6.80. The van der Waals surface area contributed by atoms with Crippen molar-refractivity contribution in [3.8, 4) is 0 Å². The second kappa shape index (κ2) is 10.5. The molecule has 122 valence electrons. The summed E-state index contributed by atoms with van der Waals surface area (Å²) in [4.78, 5) is 2.33. The molecule has 8 N–H and O–H groups in total. The molecule has 0 aliphatic carbocycles. The minimum Gasteiger partial charge on any atom is -0.330 e. The molecular weight excluding hydrogens is 250 g/mol. The van der Waals surface area contributed by atoms with Crippen molar-refractivity contribution in [3.05, 3.63) is 0 Å². The van der Waals surface area contributed by atoms with Gasteiger partial charge < -0.3 is 22.9 Å². The van der Waals surface area contributed by atoms with Crippen molar-refractivity contribution in [2.75, 3.05) is 32.7 Å². The van der Waals surface area contributed by atoms with Crippen molar-refractivity contribution in [2.45, 2.75) is 52.6 Å². The number of nitrogens with zero attached hydrogens (tertiary/aromatic N) is 1. The van der Waals surface area contributed by atoms with Crippen LogP contribution in [0, 0.1) is 11.3 Å². The third-order valence-corrected chi connectivity index (χ3v) is 3.83. The lowest BCUT2D eigenvalue weighted by atomic mass is 9.79. The topological polar surface area (TPSA) is 107 Å². The Kier molecular flexibility index (Phi) is 10.4. The Morgan fingerprint density at radius 2 is 1.45 bits per heavy atom. The molecule has 0 aromatic heterocycles. The molecule has 2 atom stereocenters. The molecule has 0 rings (SSSR count). The fourth-order valence-electron chi connectivity index (χ4n) is 2.84. The molecule has 0 aliphatic heterocycles. The molecule has 0 fully saturated rings. The second-order valence-electron chi connectivity index (χ2n) is 6.80. The van der Waals surface area contributed by atoms with Crippen molar-refractivity contribution < 1.29 is 0 Å². The van der Waals surface area contributed by atoms with E-state index in [2.05, 4.69) is 25.7 Å². The zero-order chi connectivity index (χ0) is 15.6. The molecule has 0 saturated heterocycles. The van der Waals surface area contributed by atoms with Gasteiger partial charge in [0.2, 0.25) is 0 Å². The van der Waals surface area contributed by atoms with Crippen molar-refractivity contribution in [1.82, 2.24) is 4.90 Å². The Hall–Kier alpha value is -0.200. The highest BCUT2D eigenvalue weighted by Gasteiger charge is 2.26. The largest absolute Gasteiger partial charge is 0.330 e. The first kappa shape index (κ1) is 19.8. The van der Waals surface area contributed by atoms with E-state index in [-0.39, 0.29) is 11.6 Å². The van der Waals surface area contributed by atoms with Crippen LogP contribution < -0.4 is 22.9 Å². The summed E-state index contributed by atoms with van der Waals surface area (Å²) < 4.78 is 0. The van der Waals surface area contributed by atoms with E-state index in [1.807, 2.05) is 0 Å². The lowest BCUT2D eigenvalue weighted by Gasteiger charge is -2.36. The van der Waals surface area contributed by atoms with Gasteiger partial charge in [-0.15, -0.1) is 0 Å². The predicted molar refractivity (Wildman–Crippen MR) is 88.1 cm³/mol. The summed E-state index contributed by atoms with van der Waals surface area (Å²) in [6.07, 6.45) is 4.13. The predicted octanol–water partition coefficient (Wildman–Crippen LogP) is 0.672. The molecule has 20 heavy (non-hydrogen) atoms. The van der Waals surface area contributed by atoms with Gasteiger partial charge >= 0.3 is 0 Å². The third kappa shape index (κ3) is 8.87. The molecule has 2 unspecified atom stereocenters. The van der Waals surface area contributed by atoms with Crippen molar-refractivity contribution in [1.29, 1.82) is 0 Å². The fraction of sp³-hybridized carbons (Fsp3) is 1.00. The normalized spacial score (nSPS) is 15.6. The van der Waals surface area contributed by atoms with Crippen LogP contribution in [0.15, 0.2) is 0 Å². The Morgan fingerprint density at radius 3 is 1.85 bits per heavy atom. The van der Waals surface area contributed by atoms with Crippen LogP contribution in [0.3, 0.4) is 0 Å². The molecule has 0 spiro atoms. The van der Waals surface area contributed by atoms with Gasteiger partial charge in [0, 0.05) is 13.1 Å². The maximum Gasteiger partial charge on any atom is 0.0576 e. The van der Waals surface area contributed by atoms with Gasteiger partial charge in [-0.05, 0) is 56.7 Å². The van der Waals surface area contributed by atoms with Crippen LogP contribution in [0.25, 0.3) is 0 Å². The maximum atomic E-state index is 6.42. The van der Waals surface area contributed by atoms with E-state index < -0.39 is 0 Å². The van der Waals surface area contributed by atoms with Gasteiger partial charge in [-0.3, -0.25) is 4.90 Å². The van der Waals surface area contributed by atoms with Gasteiger partial charge in [0.05, 0.1) is 6.17 Å². The number of nitrogens with two attached hydrogens (primary N) is 4. The Morgan fingerprint density at radius 1 is 0.950 bits per heavy atom. The molecule has 0 radical (unpaired) electrons. The highest BCUT2D eigenvalue weighted by molar-refractivity contribution is 4.79. The van der Waals surface area contributed by atoms with Crippen LogP contribution in [-0.4, -0.2) is 43.8 Å². The van der Waals surface area contributed by atoms with Gasteiger partial charge in [-0.2, -0.15) is 0 Å². The van der Waals surface area contributed by atoms with Gasteiger partial charge in [-0.25, -0.2) is 0 Å². The van der Waals surface area contributed by atoms with Crippen LogP contribution in [0.1, 0.15) is 46.5 Å². The summed E-state index contributed by atoms with van der Waals surface area (Å²) in [5, 5.41) is 0. The van der Waals surface area contributed by atoms with Crippen molar-refractivity contribution in [3.63, 3.8) is 0 Å². The van der Waals surface area contributed by atoms with E-state index in [0.717, 1.165) is 45.3 Å². The smallest absolute Gasteiger partial charge is 0.0576 e. The van der Waals surface area contributed by atoms with Crippen LogP contribution in [0.5, 0.6) is 0 Å². The number of rotatable bonds is 12. The molecule has 0 heterocycles. The van der Waals surface area contributed by atoms with Gasteiger partial charge in [-0.1, -0.05) is 20.8 Å². The maximum absolute atomic E-state index is 6.42. The van der Waals surface area contributed by atoms with Gasteiger partial charge in [0.1, 0.15) is 0 Å². The first-order chi connectivity index (χ1) is 9.36. The highest BCUT2D eigenvalue weighted by atomic mass is 15.2. The van der Waals surface area contributed by atoms with Gasteiger partial charge in [0.25, 0.3) is 0 Å². The quantitative estimate of drug-likeness (QED) is 0.395. The molecule has 0 amide bonds. The zero-order valence-corrected chi connectivity index (χ0v) is 13.8. The first-order valence-electron chi connectivity index (χ1n) is 7.96. The Labute approximate surface area is 125 Å². The average Bonchev–Trinajstić information content (AvgIpc) is 2.37. The van der Waals surface area contributed by atoms with E-state index in [1.165, 1.54) is 0 Å². The van der Waals surface area contributed by atoms with Crippen molar-refractivity contribution in [2.24, 2.45) is 34.3 Å². The molecule has 0 bridgehead atoms. The summed E-state index contributed by atoms with van der Waals surface area (Å²) >= 11 is 0. The van der Waals surface area contributed by atoms with Gasteiger partial charge in [0.15, 0.2) is 0 Å². The van der Waals surface area contributed by atoms with E-state index in [9.17, 15) is 0 Å². The highest BCUT2D eigenvalue weighted by Crippen LogP contribution is 2.30. The average molecular weight is 287 g/mol. The summed E-state index contributed by atoms with van der Waals surface area (Å²) in [6.45, 7) is 10.8. The summed E-state index contributed by atoms with van der Waals surface area (Å²) in [5.41, 5.74) is 23.6. The SMILES string of the molecule is CC(CN)CC(C)(C)CC(N)N(CCCN)CCCN. The first-order valence-corrected chi connectivity index (χ1v) is 7.96. The molecule has 5 nitrogen and oxygen atoms in total. The van der Waals surface area contributed by atoms with Crippen molar-refractivity contribution >= 4 is 0 Å². The number of hydrogen-bond acceptors (Lipinski definition) is 5. The van der Waals surface area contributed by atoms with E-state index >= 15 is 0 Å². The Balaban J connectivity index is 4.42. The minimum atomic E-state index is 0.0769. The fourth-order valence-corrected chi connectivity index (χ4v) is 2.84. The van der Waals surface area contributed by atoms with E-state index in [4.69, 9.17) is 22.9 Å². The molecule has 0 aromatic carbocycles.